The van der Waals surface area contributed by atoms with E-state index in [-0.39, 0.29) is 7.43 Å². The van der Waals surface area contributed by atoms with Crippen LogP contribution in [-0.4, -0.2) is 10.6 Å². The molecule has 190 valence electrons. The Balaban J connectivity index is 0.00000289. The number of nitrogens with two attached hydrogens (primary N) is 1. The van der Waals surface area contributed by atoms with Crippen molar-refractivity contribution < 1.29 is 0 Å². The Hall–Kier alpha value is -2.06. The van der Waals surface area contributed by atoms with Gasteiger partial charge in [-0.05, 0) is 98.9 Å². The molecular weight excluding hydrogens is 424 g/mol. The summed E-state index contributed by atoms with van der Waals surface area (Å²) in [6, 6.07) is 16.6. The minimum Gasteiger partial charge on any atom is -0.347 e. The van der Waals surface area contributed by atoms with Crippen molar-refractivity contribution in [2.75, 3.05) is 0 Å². The van der Waals surface area contributed by atoms with Crippen molar-refractivity contribution in [2.24, 2.45) is 17.6 Å². The molecule has 3 aromatic rings. The summed E-state index contributed by atoms with van der Waals surface area (Å²) in [5.74, 6) is 1.77. The van der Waals surface area contributed by atoms with Gasteiger partial charge in [-0.1, -0.05) is 75.4 Å². The second-order valence-corrected chi connectivity index (χ2v) is 11.4. The maximum atomic E-state index is 6.11. The number of hydrogen-bond acceptors (Lipinski definition) is 1. The summed E-state index contributed by atoms with van der Waals surface area (Å²) in [6.45, 7) is 3.39. The molecule has 2 aliphatic rings. The number of hydrogen-bond donors (Lipinski definition) is 1. The van der Waals surface area contributed by atoms with Gasteiger partial charge in [-0.15, -0.1) is 0 Å². The van der Waals surface area contributed by atoms with Gasteiger partial charge in [0.1, 0.15) is 0 Å². The molecule has 2 aliphatic carbocycles. The highest BCUT2D eigenvalue weighted by Crippen LogP contribution is 2.33. The predicted molar refractivity (Wildman–Crippen MR) is 153 cm³/mol. The summed E-state index contributed by atoms with van der Waals surface area (Å²) in [6.07, 6.45) is 20.0. The van der Waals surface area contributed by atoms with E-state index in [0.717, 1.165) is 11.8 Å². The summed E-state index contributed by atoms with van der Waals surface area (Å²) < 4.78 is 2.60. The van der Waals surface area contributed by atoms with Crippen molar-refractivity contribution in [3.63, 3.8) is 0 Å². The summed E-state index contributed by atoms with van der Waals surface area (Å²) in [7, 11) is 0. The molecule has 0 saturated heterocycles. The molecule has 2 fully saturated rings. The number of fused-ring (bicyclic) bond motifs is 1. The lowest BCUT2D eigenvalue weighted by atomic mass is 9.83. The van der Waals surface area contributed by atoms with Gasteiger partial charge < -0.3 is 10.3 Å². The Kier molecular flexibility index (Phi) is 9.11. The number of nitrogens with zero attached hydrogens (tertiary/aromatic N) is 1. The standard InChI is InChI=1S/C32H44N2.CH4/c1-24-8-7-13-27(20-24)28-16-19-32-31(21-28)29(23-34(32)22-26-10-3-2-4-11-26)12-6-5-9-25-14-17-30(33)18-15-25;/h7-8,13,16,19-21,23,25-26,30H,2-6,9-12,14-15,17-18,22,33H2,1H3;1H4. The van der Waals surface area contributed by atoms with E-state index in [9.17, 15) is 0 Å². The molecule has 5 rings (SSSR count). The molecule has 2 nitrogen and oxygen atoms in total. The smallest absolute Gasteiger partial charge is 0.0483 e. The fourth-order valence-electron chi connectivity index (χ4n) is 6.60. The monoisotopic (exact) mass is 472 g/mol. The molecule has 0 atom stereocenters. The van der Waals surface area contributed by atoms with Crippen LogP contribution >= 0.6 is 0 Å². The highest BCUT2D eigenvalue weighted by Gasteiger charge is 2.19. The first kappa shape index (κ1) is 26.0. The van der Waals surface area contributed by atoms with E-state index in [1.165, 1.54) is 118 Å². The Morgan fingerprint density at radius 2 is 1.60 bits per heavy atom. The Labute approximate surface area is 214 Å². The van der Waals surface area contributed by atoms with E-state index in [0.29, 0.717) is 6.04 Å². The first-order valence-corrected chi connectivity index (χ1v) is 14.1. The quantitative estimate of drug-likeness (QED) is 0.326. The summed E-state index contributed by atoms with van der Waals surface area (Å²) >= 11 is 0. The fourth-order valence-corrected chi connectivity index (χ4v) is 6.60. The zero-order chi connectivity index (χ0) is 23.3. The topological polar surface area (TPSA) is 30.9 Å². The lowest BCUT2D eigenvalue weighted by Crippen LogP contribution is -2.26. The molecule has 0 unspecified atom stereocenters. The van der Waals surface area contributed by atoms with Crippen LogP contribution in [0.2, 0.25) is 0 Å². The zero-order valence-corrected chi connectivity index (χ0v) is 21.3. The first-order chi connectivity index (χ1) is 16.7. The summed E-state index contributed by atoms with van der Waals surface area (Å²) in [5.41, 5.74) is 13.1. The molecule has 35 heavy (non-hydrogen) atoms. The lowest BCUT2D eigenvalue weighted by Gasteiger charge is -2.25. The molecule has 2 N–H and O–H groups in total. The second kappa shape index (κ2) is 12.3. The molecule has 1 heterocycles. The van der Waals surface area contributed by atoms with Crippen molar-refractivity contribution in [3.8, 4) is 11.1 Å². The molecule has 0 bridgehead atoms. The van der Waals surface area contributed by atoms with Crippen LogP contribution in [-0.2, 0) is 13.0 Å². The molecule has 0 radical (unpaired) electrons. The highest BCUT2D eigenvalue weighted by molar-refractivity contribution is 5.88. The van der Waals surface area contributed by atoms with E-state index in [1.807, 2.05) is 0 Å². The first-order valence-electron chi connectivity index (χ1n) is 14.1. The molecule has 2 saturated carbocycles. The maximum absolute atomic E-state index is 6.11. The van der Waals surface area contributed by atoms with Crippen molar-refractivity contribution in [1.82, 2.24) is 4.57 Å². The molecule has 1 aromatic heterocycles. The van der Waals surface area contributed by atoms with Gasteiger partial charge in [-0.2, -0.15) is 0 Å². The molecular formula is C33H48N2. The largest absolute Gasteiger partial charge is 0.347 e. The Morgan fingerprint density at radius 1 is 0.829 bits per heavy atom. The van der Waals surface area contributed by atoms with Crippen LogP contribution in [0.5, 0.6) is 0 Å². The molecule has 2 aromatic carbocycles. The lowest BCUT2D eigenvalue weighted by molar-refractivity contribution is 0.303. The molecule has 2 heteroatoms. The highest BCUT2D eigenvalue weighted by atomic mass is 15.0. The minimum atomic E-state index is 0. The van der Waals surface area contributed by atoms with Crippen molar-refractivity contribution in [3.05, 3.63) is 59.8 Å². The van der Waals surface area contributed by atoms with E-state index in [1.54, 1.807) is 5.56 Å². The van der Waals surface area contributed by atoms with Crippen LogP contribution in [0.1, 0.15) is 95.6 Å². The third-order valence-electron chi connectivity index (χ3n) is 8.69. The van der Waals surface area contributed by atoms with Crippen LogP contribution in [0.25, 0.3) is 22.0 Å². The summed E-state index contributed by atoms with van der Waals surface area (Å²) in [4.78, 5) is 0. The van der Waals surface area contributed by atoms with Gasteiger partial charge in [0.15, 0.2) is 0 Å². The average molecular weight is 473 g/mol. The predicted octanol–water partition coefficient (Wildman–Crippen LogP) is 9.06. The van der Waals surface area contributed by atoms with Gasteiger partial charge in [0, 0.05) is 29.7 Å². The number of unbranched alkanes of at least 4 members (excludes halogenated alkanes) is 1. The number of aryl methyl sites for hydroxylation is 2. The van der Waals surface area contributed by atoms with Crippen LogP contribution in [0, 0.1) is 18.8 Å². The van der Waals surface area contributed by atoms with Gasteiger partial charge in [-0.3, -0.25) is 0 Å². The third kappa shape index (κ3) is 6.58. The fraction of sp³-hybridized carbons (Fsp3) is 0.576. The van der Waals surface area contributed by atoms with Gasteiger partial charge in [0.05, 0.1) is 0 Å². The van der Waals surface area contributed by atoms with E-state index in [4.69, 9.17) is 5.73 Å². The van der Waals surface area contributed by atoms with Crippen molar-refractivity contribution in [1.29, 1.82) is 0 Å². The van der Waals surface area contributed by atoms with E-state index >= 15 is 0 Å². The molecule has 0 amide bonds. The number of aromatic nitrogens is 1. The zero-order valence-electron chi connectivity index (χ0n) is 21.3. The average Bonchev–Trinajstić information content (AvgIpc) is 3.20. The number of rotatable bonds is 8. The normalized spacial score (nSPS) is 21.2. The van der Waals surface area contributed by atoms with Crippen LogP contribution in [0.15, 0.2) is 48.7 Å². The van der Waals surface area contributed by atoms with Crippen molar-refractivity contribution in [2.45, 2.75) is 110 Å². The van der Waals surface area contributed by atoms with Gasteiger partial charge in [0.25, 0.3) is 0 Å². The molecule has 0 aliphatic heterocycles. The van der Waals surface area contributed by atoms with Gasteiger partial charge >= 0.3 is 0 Å². The number of benzene rings is 2. The van der Waals surface area contributed by atoms with Gasteiger partial charge in [0.2, 0.25) is 0 Å². The SMILES string of the molecule is C.Cc1cccc(-c2ccc3c(c2)c(CCCCC2CCC(N)CC2)cn3CC2CCCCC2)c1. The van der Waals surface area contributed by atoms with Crippen LogP contribution < -0.4 is 5.73 Å². The second-order valence-electron chi connectivity index (χ2n) is 11.4. The van der Waals surface area contributed by atoms with Crippen LogP contribution in [0.4, 0.5) is 0 Å². The maximum Gasteiger partial charge on any atom is 0.0483 e. The van der Waals surface area contributed by atoms with Gasteiger partial charge in [-0.25, -0.2) is 0 Å². The Morgan fingerprint density at radius 3 is 2.37 bits per heavy atom. The molecule has 0 spiro atoms. The van der Waals surface area contributed by atoms with E-state index in [2.05, 4.69) is 60.2 Å². The third-order valence-corrected chi connectivity index (χ3v) is 8.69. The summed E-state index contributed by atoms with van der Waals surface area (Å²) in [5, 5.41) is 1.48. The van der Waals surface area contributed by atoms with Crippen LogP contribution in [0.3, 0.4) is 0 Å². The minimum absolute atomic E-state index is 0. The van der Waals surface area contributed by atoms with E-state index < -0.39 is 0 Å². The van der Waals surface area contributed by atoms with Crippen molar-refractivity contribution >= 4 is 10.9 Å². The Bertz CT molecular complexity index is 1060.